The van der Waals surface area contributed by atoms with Crippen molar-refractivity contribution in [2.24, 2.45) is 17.6 Å². The summed E-state index contributed by atoms with van der Waals surface area (Å²) >= 11 is 0. The standard InChI is InChI=1S/C19H26N2O2/c20-18(22)15-5-3-6-16(12-15)19(23)21-11-10-14-9-8-13-4-1-2-7-17(13)14/h1-2,4,7,14-16H,3,5-6,8-12H2,(H2,20,22)(H,21,23). The summed E-state index contributed by atoms with van der Waals surface area (Å²) in [5.74, 6) is 0.238. The van der Waals surface area contributed by atoms with E-state index in [2.05, 4.69) is 29.6 Å². The minimum Gasteiger partial charge on any atom is -0.369 e. The first-order chi connectivity index (χ1) is 11.1. The highest BCUT2D eigenvalue weighted by molar-refractivity contribution is 5.81. The molecular weight excluding hydrogens is 288 g/mol. The van der Waals surface area contributed by atoms with E-state index in [4.69, 9.17) is 5.73 Å². The maximum absolute atomic E-state index is 12.3. The van der Waals surface area contributed by atoms with Gasteiger partial charge in [0.15, 0.2) is 0 Å². The average Bonchev–Trinajstić information content (AvgIpc) is 2.98. The van der Waals surface area contributed by atoms with E-state index >= 15 is 0 Å². The van der Waals surface area contributed by atoms with Crippen LogP contribution in [0.5, 0.6) is 0 Å². The first-order valence-electron chi connectivity index (χ1n) is 8.80. The Morgan fingerprint density at radius 1 is 1.13 bits per heavy atom. The Bertz CT molecular complexity index is 584. The minimum atomic E-state index is -0.259. The summed E-state index contributed by atoms with van der Waals surface area (Å²) in [5.41, 5.74) is 8.30. The number of hydrogen-bond acceptors (Lipinski definition) is 2. The molecule has 3 atom stereocenters. The van der Waals surface area contributed by atoms with Crippen LogP contribution in [-0.2, 0) is 16.0 Å². The smallest absolute Gasteiger partial charge is 0.223 e. The number of primary amides is 1. The summed E-state index contributed by atoms with van der Waals surface area (Å²) in [4.78, 5) is 23.6. The van der Waals surface area contributed by atoms with Gasteiger partial charge in [0.1, 0.15) is 0 Å². The minimum absolute atomic E-state index is 0.0443. The number of aryl methyl sites for hydroxylation is 1. The zero-order valence-corrected chi connectivity index (χ0v) is 13.6. The number of rotatable bonds is 5. The van der Waals surface area contributed by atoms with Crippen LogP contribution in [0.25, 0.3) is 0 Å². The molecule has 2 amide bonds. The third kappa shape index (κ3) is 3.74. The Kier molecular flexibility index (Phi) is 4.99. The van der Waals surface area contributed by atoms with Crippen LogP contribution in [0.3, 0.4) is 0 Å². The molecule has 124 valence electrons. The molecule has 2 aliphatic rings. The van der Waals surface area contributed by atoms with Crippen molar-refractivity contribution in [1.82, 2.24) is 5.32 Å². The zero-order chi connectivity index (χ0) is 16.2. The Labute approximate surface area is 137 Å². The number of benzene rings is 1. The van der Waals surface area contributed by atoms with Crippen LogP contribution in [0.4, 0.5) is 0 Å². The normalized spacial score (nSPS) is 26.5. The third-order valence-electron chi connectivity index (χ3n) is 5.50. The van der Waals surface area contributed by atoms with E-state index in [-0.39, 0.29) is 23.7 Å². The lowest BCUT2D eigenvalue weighted by atomic mass is 9.80. The second-order valence-corrected chi connectivity index (χ2v) is 6.98. The van der Waals surface area contributed by atoms with E-state index in [1.807, 2.05) is 0 Å². The molecule has 4 nitrogen and oxygen atoms in total. The van der Waals surface area contributed by atoms with Crippen LogP contribution in [-0.4, -0.2) is 18.4 Å². The lowest BCUT2D eigenvalue weighted by Crippen LogP contribution is -2.37. The third-order valence-corrected chi connectivity index (χ3v) is 5.50. The van der Waals surface area contributed by atoms with Gasteiger partial charge in [-0.3, -0.25) is 9.59 Å². The van der Waals surface area contributed by atoms with E-state index in [0.29, 0.717) is 12.3 Å². The fraction of sp³-hybridized carbons (Fsp3) is 0.579. The molecular formula is C19H26N2O2. The first-order valence-corrected chi connectivity index (χ1v) is 8.80. The number of hydrogen-bond donors (Lipinski definition) is 2. The van der Waals surface area contributed by atoms with Gasteiger partial charge in [0.2, 0.25) is 11.8 Å². The van der Waals surface area contributed by atoms with Crippen LogP contribution >= 0.6 is 0 Å². The predicted octanol–water partition coefficient (Wildman–Crippen LogP) is 2.51. The molecule has 23 heavy (non-hydrogen) atoms. The molecule has 4 heteroatoms. The highest BCUT2D eigenvalue weighted by Crippen LogP contribution is 2.35. The summed E-state index contributed by atoms with van der Waals surface area (Å²) in [5, 5.41) is 3.08. The van der Waals surface area contributed by atoms with Gasteiger partial charge >= 0.3 is 0 Å². The molecule has 1 fully saturated rings. The van der Waals surface area contributed by atoms with Crippen molar-refractivity contribution in [3.8, 4) is 0 Å². The van der Waals surface area contributed by atoms with E-state index in [9.17, 15) is 9.59 Å². The number of carbonyl (C=O) groups is 2. The lowest BCUT2D eigenvalue weighted by molar-refractivity contribution is -0.128. The lowest BCUT2D eigenvalue weighted by Gasteiger charge is -2.26. The van der Waals surface area contributed by atoms with Crippen LogP contribution in [0, 0.1) is 11.8 Å². The van der Waals surface area contributed by atoms with Crippen molar-refractivity contribution >= 4 is 11.8 Å². The highest BCUT2D eigenvalue weighted by atomic mass is 16.2. The van der Waals surface area contributed by atoms with E-state index < -0.39 is 0 Å². The fourth-order valence-corrected chi connectivity index (χ4v) is 4.15. The largest absolute Gasteiger partial charge is 0.369 e. The van der Waals surface area contributed by atoms with Gasteiger partial charge in [0.25, 0.3) is 0 Å². The van der Waals surface area contributed by atoms with Crippen molar-refractivity contribution in [3.63, 3.8) is 0 Å². The molecule has 3 N–H and O–H groups in total. The van der Waals surface area contributed by atoms with Crippen molar-refractivity contribution in [2.75, 3.05) is 6.54 Å². The molecule has 0 spiro atoms. The van der Waals surface area contributed by atoms with Gasteiger partial charge in [-0.2, -0.15) is 0 Å². The van der Waals surface area contributed by atoms with Crippen LogP contribution in [0.1, 0.15) is 55.6 Å². The van der Waals surface area contributed by atoms with Crippen LogP contribution in [0.15, 0.2) is 24.3 Å². The zero-order valence-electron chi connectivity index (χ0n) is 13.6. The van der Waals surface area contributed by atoms with Crippen molar-refractivity contribution in [3.05, 3.63) is 35.4 Å². The molecule has 0 radical (unpaired) electrons. The van der Waals surface area contributed by atoms with Gasteiger partial charge in [-0.1, -0.05) is 30.7 Å². The molecule has 0 heterocycles. The monoisotopic (exact) mass is 314 g/mol. The number of nitrogens with one attached hydrogen (secondary N) is 1. The number of nitrogens with two attached hydrogens (primary N) is 1. The summed E-state index contributed by atoms with van der Waals surface area (Å²) in [6, 6.07) is 8.62. The van der Waals surface area contributed by atoms with E-state index in [1.165, 1.54) is 17.5 Å². The molecule has 1 aromatic rings. The quantitative estimate of drug-likeness (QED) is 0.876. The topological polar surface area (TPSA) is 72.2 Å². The second kappa shape index (κ2) is 7.16. The average molecular weight is 314 g/mol. The molecule has 0 bridgehead atoms. The first kappa shape index (κ1) is 16.0. The Morgan fingerprint density at radius 2 is 1.91 bits per heavy atom. The van der Waals surface area contributed by atoms with E-state index in [0.717, 1.165) is 38.6 Å². The summed E-state index contributed by atoms with van der Waals surface area (Å²) in [6.07, 6.45) is 6.57. The SMILES string of the molecule is NC(=O)C1CCCC(C(=O)NCCC2CCc3ccccc32)C1. The molecule has 3 unspecified atom stereocenters. The molecule has 0 aromatic heterocycles. The van der Waals surface area contributed by atoms with Gasteiger partial charge < -0.3 is 11.1 Å². The maximum Gasteiger partial charge on any atom is 0.223 e. The van der Waals surface area contributed by atoms with Gasteiger partial charge in [-0.05, 0) is 55.6 Å². The van der Waals surface area contributed by atoms with Gasteiger partial charge in [0, 0.05) is 18.4 Å². The molecule has 2 aliphatic carbocycles. The summed E-state index contributed by atoms with van der Waals surface area (Å²) < 4.78 is 0. The van der Waals surface area contributed by atoms with Crippen molar-refractivity contribution in [1.29, 1.82) is 0 Å². The predicted molar refractivity (Wildman–Crippen MR) is 89.8 cm³/mol. The van der Waals surface area contributed by atoms with E-state index in [1.54, 1.807) is 0 Å². The Morgan fingerprint density at radius 3 is 2.74 bits per heavy atom. The highest BCUT2D eigenvalue weighted by Gasteiger charge is 2.30. The van der Waals surface area contributed by atoms with Crippen molar-refractivity contribution < 1.29 is 9.59 Å². The van der Waals surface area contributed by atoms with Gasteiger partial charge in [-0.25, -0.2) is 0 Å². The number of fused-ring (bicyclic) bond motifs is 1. The summed E-state index contributed by atoms with van der Waals surface area (Å²) in [6.45, 7) is 0.718. The number of carbonyl (C=O) groups excluding carboxylic acids is 2. The molecule has 1 aromatic carbocycles. The summed E-state index contributed by atoms with van der Waals surface area (Å²) in [7, 11) is 0. The van der Waals surface area contributed by atoms with Crippen molar-refractivity contribution in [2.45, 2.75) is 50.9 Å². The molecule has 0 aliphatic heterocycles. The van der Waals surface area contributed by atoms with Crippen LogP contribution in [0.2, 0.25) is 0 Å². The molecule has 1 saturated carbocycles. The van der Waals surface area contributed by atoms with Gasteiger partial charge in [-0.15, -0.1) is 0 Å². The fourth-order valence-electron chi connectivity index (χ4n) is 4.15. The van der Waals surface area contributed by atoms with Crippen LogP contribution < -0.4 is 11.1 Å². The Balaban J connectivity index is 1.46. The molecule has 3 rings (SSSR count). The maximum atomic E-state index is 12.3. The Hall–Kier alpha value is -1.84. The molecule has 0 saturated heterocycles. The second-order valence-electron chi connectivity index (χ2n) is 6.98. The number of amides is 2. The van der Waals surface area contributed by atoms with Gasteiger partial charge in [0.05, 0.1) is 0 Å².